The van der Waals surface area contributed by atoms with Crippen molar-refractivity contribution in [1.29, 1.82) is 0 Å². The summed E-state index contributed by atoms with van der Waals surface area (Å²) >= 11 is 0. The number of rotatable bonds is 10. The molecule has 0 aromatic heterocycles. The van der Waals surface area contributed by atoms with Crippen molar-refractivity contribution >= 4 is 11.8 Å². The highest BCUT2D eigenvalue weighted by Crippen LogP contribution is 2.46. The van der Waals surface area contributed by atoms with E-state index in [4.69, 9.17) is 28.4 Å². The van der Waals surface area contributed by atoms with Gasteiger partial charge in [-0.1, -0.05) is 19.1 Å². The van der Waals surface area contributed by atoms with Crippen LogP contribution in [0.1, 0.15) is 18.9 Å². The zero-order valence-corrected chi connectivity index (χ0v) is 24.8. The molecular formula is C30H40O16. The van der Waals surface area contributed by atoms with Crippen LogP contribution in [-0.2, 0) is 44.4 Å². The fourth-order valence-corrected chi connectivity index (χ4v) is 6.29. The van der Waals surface area contributed by atoms with Crippen molar-refractivity contribution in [2.24, 2.45) is 17.8 Å². The Morgan fingerprint density at radius 1 is 0.848 bits per heavy atom. The fraction of sp³-hybridized carbons (Fsp3) is 0.667. The predicted molar refractivity (Wildman–Crippen MR) is 149 cm³/mol. The van der Waals surface area contributed by atoms with E-state index in [1.54, 1.807) is 19.1 Å². The van der Waals surface area contributed by atoms with Crippen molar-refractivity contribution in [3.05, 3.63) is 41.7 Å². The number of carbonyl (C=O) groups excluding carboxylic acids is 2. The van der Waals surface area contributed by atoms with Gasteiger partial charge in [-0.25, -0.2) is 4.79 Å². The zero-order valence-electron chi connectivity index (χ0n) is 24.8. The number of ketones is 1. The molecule has 8 N–H and O–H groups in total. The SMILES string of the molecule is C[C@@H]1C(=O)C[C@@H]2C(C(=O)OCCc3ccc(O)cc3)=CO[C@@H](O[C@@H]3O[C@@H](CO)[C@H](O[C@@H]4O[C@@H](CO)[C@@H](O)[C@H](O)[C@@H]4O)[C@H](O)[C@@H]3O)[C@H]12. The topological polar surface area (TPSA) is 251 Å². The monoisotopic (exact) mass is 656 g/mol. The van der Waals surface area contributed by atoms with Crippen molar-refractivity contribution < 1.29 is 78.9 Å². The van der Waals surface area contributed by atoms with Gasteiger partial charge in [-0.3, -0.25) is 4.79 Å². The summed E-state index contributed by atoms with van der Waals surface area (Å²) in [6.07, 6.45) is -16.0. The van der Waals surface area contributed by atoms with E-state index in [2.05, 4.69) is 0 Å². The summed E-state index contributed by atoms with van der Waals surface area (Å²) in [5, 5.41) is 81.2. The first-order valence-electron chi connectivity index (χ1n) is 15.0. The van der Waals surface area contributed by atoms with Gasteiger partial charge in [0.1, 0.15) is 60.4 Å². The molecule has 1 aromatic carbocycles. The molecular weight excluding hydrogens is 616 g/mol. The molecule has 3 aliphatic heterocycles. The quantitative estimate of drug-likeness (QED) is 0.118. The average molecular weight is 657 g/mol. The second-order valence-corrected chi connectivity index (χ2v) is 11.9. The van der Waals surface area contributed by atoms with Crippen LogP contribution in [0.3, 0.4) is 0 Å². The van der Waals surface area contributed by atoms with Gasteiger partial charge in [0.15, 0.2) is 12.6 Å². The van der Waals surface area contributed by atoms with Gasteiger partial charge in [-0.05, 0) is 17.7 Å². The Labute approximate surface area is 263 Å². The number of benzene rings is 1. The highest BCUT2D eigenvalue weighted by atomic mass is 16.8. The van der Waals surface area contributed by atoms with E-state index in [9.17, 15) is 50.4 Å². The van der Waals surface area contributed by atoms with E-state index < -0.39 is 105 Å². The van der Waals surface area contributed by atoms with E-state index in [-0.39, 0.29) is 30.1 Å². The van der Waals surface area contributed by atoms with Crippen molar-refractivity contribution in [3.63, 3.8) is 0 Å². The Morgan fingerprint density at radius 2 is 1.48 bits per heavy atom. The third-order valence-electron chi connectivity index (χ3n) is 9.04. The smallest absolute Gasteiger partial charge is 0.337 e. The van der Waals surface area contributed by atoms with E-state index in [1.165, 1.54) is 12.1 Å². The number of aliphatic hydroxyl groups excluding tert-OH is 7. The van der Waals surface area contributed by atoms with Gasteiger partial charge in [0.05, 0.1) is 31.7 Å². The van der Waals surface area contributed by atoms with Gasteiger partial charge in [0.25, 0.3) is 0 Å². The van der Waals surface area contributed by atoms with Crippen LogP contribution in [0.15, 0.2) is 36.1 Å². The van der Waals surface area contributed by atoms with E-state index >= 15 is 0 Å². The highest BCUT2D eigenvalue weighted by molar-refractivity contribution is 5.93. The van der Waals surface area contributed by atoms with Gasteiger partial charge in [-0.15, -0.1) is 0 Å². The molecule has 1 aliphatic carbocycles. The Bertz CT molecular complexity index is 1240. The molecule has 3 fully saturated rings. The molecule has 3 heterocycles. The lowest BCUT2D eigenvalue weighted by atomic mass is 9.83. The molecule has 16 nitrogen and oxygen atoms in total. The van der Waals surface area contributed by atoms with Gasteiger partial charge < -0.3 is 69.3 Å². The van der Waals surface area contributed by atoms with Crippen LogP contribution in [0.2, 0.25) is 0 Å². The second kappa shape index (κ2) is 14.6. The zero-order chi connectivity index (χ0) is 33.3. The molecule has 5 rings (SSSR count). The first-order valence-corrected chi connectivity index (χ1v) is 15.0. The van der Waals surface area contributed by atoms with E-state index in [0.29, 0.717) is 6.42 Å². The normalized spacial score (nSPS) is 41.0. The van der Waals surface area contributed by atoms with Crippen molar-refractivity contribution in [1.82, 2.24) is 0 Å². The summed E-state index contributed by atoms with van der Waals surface area (Å²) in [5.74, 6) is -2.66. The van der Waals surface area contributed by atoms with Crippen molar-refractivity contribution in [3.8, 4) is 5.75 Å². The molecule has 1 aromatic rings. The van der Waals surface area contributed by atoms with Crippen LogP contribution in [-0.4, -0.2) is 140 Å². The lowest BCUT2D eigenvalue weighted by Gasteiger charge is -2.46. The molecule has 1 saturated carbocycles. The van der Waals surface area contributed by atoms with E-state index in [0.717, 1.165) is 11.8 Å². The third kappa shape index (κ3) is 6.93. The summed E-state index contributed by atoms with van der Waals surface area (Å²) < 4.78 is 33.6. The second-order valence-electron chi connectivity index (χ2n) is 11.9. The Morgan fingerprint density at radius 3 is 2.15 bits per heavy atom. The largest absolute Gasteiger partial charge is 0.508 e. The summed E-state index contributed by atoms with van der Waals surface area (Å²) in [6, 6.07) is 6.44. The third-order valence-corrected chi connectivity index (χ3v) is 9.04. The van der Waals surface area contributed by atoms with Gasteiger partial charge >= 0.3 is 5.97 Å². The first-order chi connectivity index (χ1) is 21.9. The fourth-order valence-electron chi connectivity index (χ4n) is 6.29. The van der Waals surface area contributed by atoms with Gasteiger partial charge in [0.2, 0.25) is 6.29 Å². The number of aliphatic hydroxyl groups is 7. The number of Topliss-reactive ketones (excluding diaryl/α,β-unsaturated/α-hetero) is 1. The van der Waals surface area contributed by atoms with Crippen LogP contribution in [0.25, 0.3) is 0 Å². The molecule has 0 unspecified atom stereocenters. The van der Waals surface area contributed by atoms with Crippen molar-refractivity contribution in [2.75, 3.05) is 19.8 Å². The maximum absolute atomic E-state index is 13.0. The van der Waals surface area contributed by atoms with Crippen LogP contribution >= 0.6 is 0 Å². The van der Waals surface area contributed by atoms with Gasteiger partial charge in [0, 0.05) is 30.6 Å². The number of hydrogen-bond donors (Lipinski definition) is 8. The van der Waals surface area contributed by atoms with Crippen molar-refractivity contribution in [2.45, 2.75) is 87.5 Å². The first kappa shape index (κ1) is 34.6. The standard InChI is InChI=1S/C30H40O16/c1-12-17(34)8-15-16(27(40)41-7-6-13-2-4-14(33)5-3-13)11-42-28(20(12)15)46-30-25(39)23(37)26(19(10-32)44-30)45-29-24(38)22(36)21(35)18(9-31)43-29/h2-5,11-12,15,18-26,28-33,35-39H,6-10H2,1H3/t12-,15-,18+,19+,20-,21-,22+,23-,24+,25+,26+,28+,29+,30+/m1/s1. The number of esters is 1. The Hall–Kier alpha value is -2.74. The van der Waals surface area contributed by atoms with E-state index in [1.807, 2.05) is 0 Å². The summed E-state index contributed by atoms with van der Waals surface area (Å²) in [4.78, 5) is 25.8. The number of aromatic hydroxyl groups is 1. The molecule has 0 amide bonds. The molecule has 46 heavy (non-hydrogen) atoms. The molecule has 2 saturated heterocycles. The lowest BCUT2D eigenvalue weighted by Crippen LogP contribution is -2.65. The number of phenols is 1. The predicted octanol–water partition coefficient (Wildman–Crippen LogP) is -2.80. The lowest BCUT2D eigenvalue weighted by molar-refractivity contribution is -0.374. The molecule has 0 radical (unpaired) electrons. The maximum Gasteiger partial charge on any atom is 0.337 e. The molecule has 4 aliphatic rings. The molecule has 0 spiro atoms. The minimum absolute atomic E-state index is 0.0128. The number of phenolic OH excluding ortho intramolecular Hbond substituents is 1. The summed E-state index contributed by atoms with van der Waals surface area (Å²) in [6.45, 7) is 0.198. The van der Waals surface area contributed by atoms with Gasteiger partial charge in [-0.2, -0.15) is 0 Å². The van der Waals surface area contributed by atoms with Crippen LogP contribution in [0.5, 0.6) is 5.75 Å². The average Bonchev–Trinajstić information content (AvgIpc) is 3.35. The Balaban J connectivity index is 1.24. The summed E-state index contributed by atoms with van der Waals surface area (Å²) in [5.41, 5.74) is 0.977. The van der Waals surface area contributed by atoms with Crippen LogP contribution < -0.4 is 0 Å². The number of carbonyl (C=O) groups is 2. The number of ether oxygens (including phenoxy) is 6. The minimum Gasteiger partial charge on any atom is -0.508 e. The van der Waals surface area contributed by atoms with Crippen LogP contribution in [0, 0.1) is 17.8 Å². The highest BCUT2D eigenvalue weighted by Gasteiger charge is 2.55. The minimum atomic E-state index is -1.82. The maximum atomic E-state index is 13.0. The molecule has 0 bridgehead atoms. The molecule has 14 atom stereocenters. The number of fused-ring (bicyclic) bond motifs is 1. The van der Waals surface area contributed by atoms with Crippen LogP contribution in [0.4, 0.5) is 0 Å². The number of hydrogen-bond acceptors (Lipinski definition) is 16. The Kier molecular flexibility index (Phi) is 11.0. The summed E-state index contributed by atoms with van der Waals surface area (Å²) in [7, 11) is 0. The molecule has 256 valence electrons. The molecule has 16 heteroatoms.